The largest absolute Gasteiger partial charge is 0.496 e. The molecule has 2 N–H and O–H groups in total. The van der Waals surface area contributed by atoms with Crippen molar-refractivity contribution in [2.45, 2.75) is 19.4 Å². The fourth-order valence-corrected chi connectivity index (χ4v) is 3.12. The molecule has 1 unspecified atom stereocenters. The van der Waals surface area contributed by atoms with Crippen molar-refractivity contribution < 1.29 is 14.5 Å². The Bertz CT molecular complexity index is 1040. The van der Waals surface area contributed by atoms with E-state index in [1.807, 2.05) is 48.5 Å². The molecule has 0 spiro atoms. The Morgan fingerprint density at radius 3 is 2.47 bits per heavy atom. The standard InChI is InChI=1S/C23H23N3O4/c1-16(23(27)25-20-10-6-7-11-21(20)26(28)29)24-19-12-13-22(30-2)18(15-19)14-17-8-4-3-5-9-17/h3-13,15-16,24H,14H2,1-2H3,(H,25,27). The summed E-state index contributed by atoms with van der Waals surface area (Å²) >= 11 is 0. The molecule has 154 valence electrons. The van der Waals surface area contributed by atoms with Gasteiger partial charge in [-0.15, -0.1) is 0 Å². The highest BCUT2D eigenvalue weighted by molar-refractivity contribution is 5.98. The van der Waals surface area contributed by atoms with Gasteiger partial charge in [-0.3, -0.25) is 14.9 Å². The van der Waals surface area contributed by atoms with Crippen LogP contribution in [0.1, 0.15) is 18.1 Å². The number of para-hydroxylation sites is 2. The molecule has 0 heterocycles. The predicted molar refractivity (Wildman–Crippen MR) is 117 cm³/mol. The second-order valence-corrected chi connectivity index (χ2v) is 6.82. The first kappa shape index (κ1) is 20.9. The smallest absolute Gasteiger partial charge is 0.292 e. The van der Waals surface area contributed by atoms with Gasteiger partial charge in [0.2, 0.25) is 5.91 Å². The van der Waals surface area contributed by atoms with Crippen molar-refractivity contribution in [2.24, 2.45) is 0 Å². The molecule has 7 heteroatoms. The summed E-state index contributed by atoms with van der Waals surface area (Å²) in [4.78, 5) is 23.2. The normalized spacial score (nSPS) is 11.4. The van der Waals surface area contributed by atoms with Crippen LogP contribution in [0.15, 0.2) is 72.8 Å². The average Bonchev–Trinajstić information content (AvgIpc) is 2.75. The predicted octanol–water partition coefficient (Wildman–Crippen LogP) is 4.63. The molecular formula is C23H23N3O4. The van der Waals surface area contributed by atoms with Crippen LogP contribution in [-0.4, -0.2) is 24.0 Å². The van der Waals surface area contributed by atoms with Crippen LogP contribution in [-0.2, 0) is 11.2 Å². The Morgan fingerprint density at radius 2 is 1.77 bits per heavy atom. The maximum Gasteiger partial charge on any atom is 0.292 e. The molecule has 0 aliphatic heterocycles. The minimum absolute atomic E-state index is 0.146. The molecule has 0 radical (unpaired) electrons. The molecule has 30 heavy (non-hydrogen) atoms. The molecule has 0 aliphatic carbocycles. The molecule has 3 aromatic rings. The number of benzene rings is 3. The maximum atomic E-state index is 12.6. The molecule has 3 rings (SSSR count). The van der Waals surface area contributed by atoms with Gasteiger partial charge in [0.05, 0.1) is 12.0 Å². The fraction of sp³-hybridized carbons (Fsp3) is 0.174. The molecule has 0 aliphatic rings. The summed E-state index contributed by atoms with van der Waals surface area (Å²) in [5, 5.41) is 16.9. The number of hydrogen-bond donors (Lipinski definition) is 2. The van der Waals surface area contributed by atoms with Crippen molar-refractivity contribution >= 4 is 23.0 Å². The number of anilines is 2. The van der Waals surface area contributed by atoms with E-state index >= 15 is 0 Å². The maximum absolute atomic E-state index is 12.6. The summed E-state index contributed by atoms with van der Waals surface area (Å²) in [6, 6.07) is 21.1. The summed E-state index contributed by atoms with van der Waals surface area (Å²) in [5.74, 6) is 0.395. The number of rotatable bonds is 8. The van der Waals surface area contributed by atoms with Gasteiger partial charge in [-0.05, 0) is 36.8 Å². The lowest BCUT2D eigenvalue weighted by atomic mass is 10.0. The topological polar surface area (TPSA) is 93.5 Å². The number of carbonyl (C=O) groups is 1. The number of nitro groups is 1. The number of nitrogens with one attached hydrogen (secondary N) is 2. The SMILES string of the molecule is COc1ccc(NC(C)C(=O)Nc2ccccc2[N+](=O)[O-])cc1Cc1ccccc1. The molecule has 0 bridgehead atoms. The molecule has 0 fully saturated rings. The van der Waals surface area contributed by atoms with E-state index < -0.39 is 11.0 Å². The average molecular weight is 405 g/mol. The zero-order chi connectivity index (χ0) is 21.5. The zero-order valence-electron chi connectivity index (χ0n) is 16.8. The van der Waals surface area contributed by atoms with E-state index in [4.69, 9.17) is 4.74 Å². The molecule has 1 atom stereocenters. The van der Waals surface area contributed by atoms with Crippen LogP contribution in [0.3, 0.4) is 0 Å². The van der Waals surface area contributed by atoms with Gasteiger partial charge in [0, 0.05) is 23.7 Å². The van der Waals surface area contributed by atoms with Crippen LogP contribution in [0.4, 0.5) is 17.1 Å². The monoisotopic (exact) mass is 405 g/mol. The van der Waals surface area contributed by atoms with E-state index in [1.165, 1.54) is 12.1 Å². The van der Waals surface area contributed by atoms with E-state index in [1.54, 1.807) is 26.2 Å². The molecule has 3 aromatic carbocycles. The first-order chi connectivity index (χ1) is 14.5. The van der Waals surface area contributed by atoms with Gasteiger partial charge in [-0.1, -0.05) is 42.5 Å². The van der Waals surface area contributed by atoms with Crippen LogP contribution in [0.25, 0.3) is 0 Å². The quantitative estimate of drug-likeness (QED) is 0.421. The highest BCUT2D eigenvalue weighted by Gasteiger charge is 2.19. The number of nitro benzene ring substituents is 1. The molecule has 7 nitrogen and oxygen atoms in total. The van der Waals surface area contributed by atoms with Crippen LogP contribution in [0.2, 0.25) is 0 Å². The molecular weight excluding hydrogens is 382 g/mol. The van der Waals surface area contributed by atoms with E-state index in [9.17, 15) is 14.9 Å². The van der Waals surface area contributed by atoms with E-state index in [-0.39, 0.29) is 17.3 Å². The summed E-state index contributed by atoms with van der Waals surface area (Å²) in [5.41, 5.74) is 2.91. The first-order valence-corrected chi connectivity index (χ1v) is 9.49. The number of nitrogens with zero attached hydrogens (tertiary/aromatic N) is 1. The van der Waals surface area contributed by atoms with Gasteiger partial charge in [0.15, 0.2) is 0 Å². The van der Waals surface area contributed by atoms with Crippen LogP contribution in [0.5, 0.6) is 5.75 Å². The lowest BCUT2D eigenvalue weighted by Gasteiger charge is -2.17. The van der Waals surface area contributed by atoms with Gasteiger partial charge in [0.1, 0.15) is 17.5 Å². The molecule has 0 aromatic heterocycles. The molecule has 0 saturated carbocycles. The summed E-state index contributed by atoms with van der Waals surface area (Å²) in [7, 11) is 1.62. The van der Waals surface area contributed by atoms with Crippen LogP contribution in [0, 0.1) is 10.1 Å². The lowest BCUT2D eigenvalue weighted by Crippen LogP contribution is -2.32. The van der Waals surface area contributed by atoms with Crippen molar-refractivity contribution in [1.29, 1.82) is 0 Å². The minimum Gasteiger partial charge on any atom is -0.496 e. The Balaban J connectivity index is 1.73. The minimum atomic E-state index is -0.609. The number of amides is 1. The van der Waals surface area contributed by atoms with Crippen molar-refractivity contribution in [3.63, 3.8) is 0 Å². The summed E-state index contributed by atoms with van der Waals surface area (Å²) in [6.45, 7) is 1.70. The van der Waals surface area contributed by atoms with E-state index in [0.717, 1.165) is 22.6 Å². The van der Waals surface area contributed by atoms with Gasteiger partial charge >= 0.3 is 0 Å². The van der Waals surface area contributed by atoms with Crippen molar-refractivity contribution in [1.82, 2.24) is 0 Å². The van der Waals surface area contributed by atoms with Crippen molar-refractivity contribution in [3.05, 3.63) is 94.0 Å². The van der Waals surface area contributed by atoms with Gasteiger partial charge < -0.3 is 15.4 Å². The highest BCUT2D eigenvalue weighted by atomic mass is 16.6. The second kappa shape index (κ2) is 9.56. The number of ether oxygens (including phenoxy) is 1. The summed E-state index contributed by atoms with van der Waals surface area (Å²) < 4.78 is 5.47. The third-order valence-electron chi connectivity index (χ3n) is 4.65. The van der Waals surface area contributed by atoms with Gasteiger partial charge in [-0.2, -0.15) is 0 Å². The Labute approximate surface area is 174 Å². The van der Waals surface area contributed by atoms with Crippen molar-refractivity contribution in [2.75, 3.05) is 17.7 Å². The highest BCUT2D eigenvalue weighted by Crippen LogP contribution is 2.26. The Kier molecular flexibility index (Phi) is 6.64. The van der Waals surface area contributed by atoms with Crippen LogP contribution >= 0.6 is 0 Å². The third-order valence-corrected chi connectivity index (χ3v) is 4.65. The number of methoxy groups -OCH3 is 1. The lowest BCUT2D eigenvalue weighted by molar-refractivity contribution is -0.383. The van der Waals surface area contributed by atoms with E-state index in [0.29, 0.717) is 6.42 Å². The van der Waals surface area contributed by atoms with E-state index in [2.05, 4.69) is 10.6 Å². The Hall–Kier alpha value is -3.87. The third kappa shape index (κ3) is 5.14. The number of hydrogen-bond acceptors (Lipinski definition) is 5. The zero-order valence-corrected chi connectivity index (χ0v) is 16.8. The van der Waals surface area contributed by atoms with Gasteiger partial charge in [-0.25, -0.2) is 0 Å². The number of carbonyl (C=O) groups excluding carboxylic acids is 1. The Morgan fingerprint density at radius 1 is 1.07 bits per heavy atom. The first-order valence-electron chi connectivity index (χ1n) is 9.49. The fourth-order valence-electron chi connectivity index (χ4n) is 3.12. The van der Waals surface area contributed by atoms with Crippen molar-refractivity contribution in [3.8, 4) is 5.75 Å². The molecule has 1 amide bonds. The summed E-state index contributed by atoms with van der Waals surface area (Å²) in [6.07, 6.45) is 0.691. The second-order valence-electron chi connectivity index (χ2n) is 6.82. The van der Waals surface area contributed by atoms with Crippen LogP contribution < -0.4 is 15.4 Å². The van der Waals surface area contributed by atoms with Gasteiger partial charge in [0.25, 0.3) is 5.69 Å². The molecule has 0 saturated heterocycles.